The van der Waals surface area contributed by atoms with E-state index in [9.17, 15) is 4.79 Å². The molecule has 112 valence electrons. The lowest BCUT2D eigenvalue weighted by Crippen LogP contribution is -2.11. The number of aryl methyl sites for hydroxylation is 1. The summed E-state index contributed by atoms with van der Waals surface area (Å²) in [5, 5.41) is 0.635. The highest BCUT2D eigenvalue weighted by Crippen LogP contribution is 2.20. The van der Waals surface area contributed by atoms with Crippen molar-refractivity contribution in [3.8, 4) is 5.75 Å². The van der Waals surface area contributed by atoms with Crippen molar-refractivity contribution < 1.29 is 4.74 Å². The number of anilines is 1. The second kappa shape index (κ2) is 7.73. The van der Waals surface area contributed by atoms with Gasteiger partial charge in [0, 0.05) is 17.5 Å². The molecule has 5 nitrogen and oxygen atoms in total. The number of aromatic amines is 1. The van der Waals surface area contributed by atoms with E-state index in [0.29, 0.717) is 29.0 Å². The Labute approximate surface area is 127 Å². The molecule has 1 heterocycles. The van der Waals surface area contributed by atoms with Crippen molar-refractivity contribution in [3.05, 3.63) is 46.4 Å². The first-order valence-electron chi connectivity index (χ1n) is 6.89. The number of nitrogens with one attached hydrogen (secondary N) is 1. The third-order valence-corrected chi connectivity index (χ3v) is 3.62. The topological polar surface area (TPSA) is 81.0 Å². The molecule has 0 amide bonds. The van der Waals surface area contributed by atoms with Gasteiger partial charge in [-0.3, -0.25) is 4.79 Å². The standard InChI is InChI=1S/C15H19N3O2S/c1-2-5-11-10-14(19)18-15(17-11)21-9-8-20-13-7-4-3-6-12(13)16/h3-4,6-7,10H,2,5,8-9,16H2,1H3,(H,17,18,19). The van der Waals surface area contributed by atoms with Crippen molar-refractivity contribution in [2.24, 2.45) is 0 Å². The van der Waals surface area contributed by atoms with E-state index < -0.39 is 0 Å². The molecule has 0 bridgehead atoms. The number of para-hydroxylation sites is 2. The van der Waals surface area contributed by atoms with Gasteiger partial charge in [-0.2, -0.15) is 0 Å². The molecule has 1 aromatic heterocycles. The fourth-order valence-corrected chi connectivity index (χ4v) is 2.55. The zero-order chi connectivity index (χ0) is 15.1. The molecule has 0 radical (unpaired) electrons. The summed E-state index contributed by atoms with van der Waals surface area (Å²) in [6.07, 6.45) is 1.78. The van der Waals surface area contributed by atoms with Gasteiger partial charge >= 0.3 is 0 Å². The molecule has 0 aliphatic carbocycles. The van der Waals surface area contributed by atoms with E-state index >= 15 is 0 Å². The number of nitrogens with zero attached hydrogens (tertiary/aromatic N) is 1. The first-order valence-corrected chi connectivity index (χ1v) is 7.88. The van der Waals surface area contributed by atoms with E-state index in [4.69, 9.17) is 10.5 Å². The Morgan fingerprint density at radius 1 is 1.38 bits per heavy atom. The van der Waals surface area contributed by atoms with E-state index in [0.717, 1.165) is 18.5 Å². The summed E-state index contributed by atoms with van der Waals surface area (Å²) in [4.78, 5) is 18.7. The van der Waals surface area contributed by atoms with Crippen LogP contribution in [0.5, 0.6) is 5.75 Å². The van der Waals surface area contributed by atoms with E-state index in [1.54, 1.807) is 12.1 Å². The highest BCUT2D eigenvalue weighted by atomic mass is 32.2. The highest BCUT2D eigenvalue weighted by Gasteiger charge is 2.03. The predicted octanol–water partition coefficient (Wildman–Crippen LogP) is 2.48. The lowest BCUT2D eigenvalue weighted by Gasteiger charge is -2.08. The van der Waals surface area contributed by atoms with E-state index in [1.807, 2.05) is 18.2 Å². The van der Waals surface area contributed by atoms with E-state index in [1.165, 1.54) is 11.8 Å². The number of thioether (sulfide) groups is 1. The number of rotatable bonds is 7. The second-order valence-corrected chi connectivity index (χ2v) is 5.61. The van der Waals surface area contributed by atoms with E-state index in [-0.39, 0.29) is 5.56 Å². The molecule has 21 heavy (non-hydrogen) atoms. The number of H-pyrrole nitrogens is 1. The Kier molecular flexibility index (Phi) is 5.68. The smallest absolute Gasteiger partial charge is 0.251 e. The van der Waals surface area contributed by atoms with Crippen LogP contribution in [0.1, 0.15) is 19.0 Å². The summed E-state index contributed by atoms with van der Waals surface area (Å²) >= 11 is 1.47. The molecule has 0 saturated heterocycles. The Balaban J connectivity index is 1.86. The molecular formula is C15H19N3O2S. The molecule has 6 heteroatoms. The number of ether oxygens (including phenoxy) is 1. The number of hydrogen-bond donors (Lipinski definition) is 2. The second-order valence-electron chi connectivity index (χ2n) is 4.53. The predicted molar refractivity (Wildman–Crippen MR) is 85.9 cm³/mol. The van der Waals surface area contributed by atoms with Gasteiger partial charge in [-0.25, -0.2) is 4.98 Å². The van der Waals surface area contributed by atoms with Gasteiger partial charge in [0.2, 0.25) is 0 Å². The Morgan fingerprint density at radius 2 is 2.19 bits per heavy atom. The number of hydrogen-bond acceptors (Lipinski definition) is 5. The largest absolute Gasteiger partial charge is 0.491 e. The summed E-state index contributed by atoms with van der Waals surface area (Å²) < 4.78 is 5.60. The van der Waals surface area contributed by atoms with Gasteiger partial charge in [-0.1, -0.05) is 37.2 Å². The minimum Gasteiger partial charge on any atom is -0.491 e. The molecule has 3 N–H and O–H groups in total. The fourth-order valence-electron chi connectivity index (χ4n) is 1.84. The average molecular weight is 305 g/mol. The van der Waals surface area contributed by atoms with Crippen molar-refractivity contribution in [2.75, 3.05) is 18.1 Å². The first-order chi connectivity index (χ1) is 10.2. The van der Waals surface area contributed by atoms with Crippen LogP contribution in [0.3, 0.4) is 0 Å². The molecular weight excluding hydrogens is 286 g/mol. The molecule has 0 unspecified atom stereocenters. The minimum atomic E-state index is -0.107. The molecule has 0 aliphatic heterocycles. The fraction of sp³-hybridized carbons (Fsp3) is 0.333. The van der Waals surface area contributed by atoms with E-state index in [2.05, 4.69) is 16.9 Å². The Hall–Kier alpha value is -1.95. The van der Waals surface area contributed by atoms with Crippen molar-refractivity contribution in [2.45, 2.75) is 24.9 Å². The molecule has 2 aromatic rings. The van der Waals surface area contributed by atoms with Gasteiger partial charge in [0.1, 0.15) is 5.75 Å². The maximum atomic E-state index is 11.5. The molecule has 0 aliphatic rings. The van der Waals surface area contributed by atoms with Gasteiger partial charge in [0.25, 0.3) is 5.56 Å². The van der Waals surface area contributed by atoms with Crippen LogP contribution in [-0.4, -0.2) is 22.3 Å². The van der Waals surface area contributed by atoms with Crippen LogP contribution in [0.4, 0.5) is 5.69 Å². The quantitative estimate of drug-likeness (QED) is 0.355. The van der Waals surface area contributed by atoms with Gasteiger partial charge in [0.15, 0.2) is 5.16 Å². The summed E-state index contributed by atoms with van der Waals surface area (Å²) in [7, 11) is 0. The molecule has 0 fully saturated rings. The maximum Gasteiger partial charge on any atom is 0.251 e. The summed E-state index contributed by atoms with van der Waals surface area (Å²) in [5.74, 6) is 1.37. The van der Waals surface area contributed by atoms with Crippen LogP contribution in [0, 0.1) is 0 Å². The molecule has 0 atom stereocenters. The van der Waals surface area contributed by atoms with Crippen LogP contribution in [0.25, 0.3) is 0 Å². The number of aromatic nitrogens is 2. The average Bonchev–Trinajstić information content (AvgIpc) is 2.45. The number of benzene rings is 1. The zero-order valence-electron chi connectivity index (χ0n) is 12.0. The normalized spacial score (nSPS) is 10.5. The molecule has 0 spiro atoms. The molecule has 2 rings (SSSR count). The summed E-state index contributed by atoms with van der Waals surface area (Å²) in [6.45, 7) is 2.56. The lowest BCUT2D eigenvalue weighted by molar-refractivity contribution is 0.345. The highest BCUT2D eigenvalue weighted by molar-refractivity contribution is 7.99. The molecule has 1 aromatic carbocycles. The van der Waals surface area contributed by atoms with Crippen molar-refractivity contribution in [1.82, 2.24) is 9.97 Å². The number of nitrogen functional groups attached to an aromatic ring is 1. The third kappa shape index (κ3) is 4.82. The van der Waals surface area contributed by atoms with Gasteiger partial charge < -0.3 is 15.5 Å². The van der Waals surface area contributed by atoms with Crippen LogP contribution in [0.15, 0.2) is 40.3 Å². The van der Waals surface area contributed by atoms with Crippen LogP contribution in [-0.2, 0) is 6.42 Å². The third-order valence-electron chi connectivity index (χ3n) is 2.78. The summed E-state index contributed by atoms with van der Waals surface area (Å²) in [6, 6.07) is 8.93. The van der Waals surface area contributed by atoms with Crippen molar-refractivity contribution in [3.63, 3.8) is 0 Å². The van der Waals surface area contributed by atoms with Gasteiger partial charge in [0.05, 0.1) is 12.3 Å². The monoisotopic (exact) mass is 305 g/mol. The maximum absolute atomic E-state index is 11.5. The van der Waals surface area contributed by atoms with Gasteiger partial charge in [-0.05, 0) is 18.6 Å². The van der Waals surface area contributed by atoms with Crippen molar-refractivity contribution >= 4 is 17.4 Å². The van der Waals surface area contributed by atoms with Crippen molar-refractivity contribution in [1.29, 1.82) is 0 Å². The first kappa shape index (κ1) is 15.4. The van der Waals surface area contributed by atoms with Crippen LogP contribution in [0.2, 0.25) is 0 Å². The van der Waals surface area contributed by atoms with Gasteiger partial charge in [-0.15, -0.1) is 0 Å². The number of nitrogens with two attached hydrogens (primary N) is 1. The van der Waals surface area contributed by atoms with Crippen LogP contribution >= 0.6 is 11.8 Å². The minimum absolute atomic E-state index is 0.107. The molecule has 0 saturated carbocycles. The van der Waals surface area contributed by atoms with Crippen LogP contribution < -0.4 is 16.0 Å². The lowest BCUT2D eigenvalue weighted by atomic mass is 10.2. The zero-order valence-corrected chi connectivity index (χ0v) is 12.8. The SMILES string of the molecule is CCCc1cc(=O)[nH]c(SCCOc2ccccc2N)n1. The Morgan fingerprint density at radius 3 is 2.95 bits per heavy atom. The Bertz CT molecular complexity index is 643. The summed E-state index contributed by atoms with van der Waals surface area (Å²) in [5.41, 5.74) is 7.14.